The minimum absolute atomic E-state index is 0.00482. The van der Waals surface area contributed by atoms with Gasteiger partial charge in [0.05, 0.1) is 16.4 Å². The molecule has 196 valence electrons. The molecule has 2 saturated heterocycles. The summed E-state index contributed by atoms with van der Waals surface area (Å²) in [6.07, 6.45) is 1.81. The third-order valence-corrected chi connectivity index (χ3v) is 9.34. The molecule has 9 nitrogen and oxygen atoms in total. The number of carbonyl (C=O) groups excluding carboxylic acids is 2. The van der Waals surface area contributed by atoms with Crippen LogP contribution in [0.1, 0.15) is 35.8 Å². The smallest absolute Gasteiger partial charge is 0.268 e. The summed E-state index contributed by atoms with van der Waals surface area (Å²) in [6, 6.07) is 15.1. The van der Waals surface area contributed by atoms with Gasteiger partial charge in [-0.15, -0.1) is 0 Å². The topological polar surface area (TPSA) is 123 Å². The van der Waals surface area contributed by atoms with Gasteiger partial charge >= 0.3 is 0 Å². The standard InChI is InChI=1S/C27H33N5O4S/c1-18-10-11-22-19(13-18)14-23(30-22)25(33)31-24-16-32(37(35,36)21-8-4-3-5-9-21)17-27(24,2)26(34)29-20-7-6-12-28-15-20/h3-5,8-11,13-14,20,24,28,30H,6-7,12,15-17H2,1-2H3,(H,29,34)(H,31,33)/t20-,24-,27-/m0/s1. The summed E-state index contributed by atoms with van der Waals surface area (Å²) in [7, 11) is -3.85. The summed E-state index contributed by atoms with van der Waals surface area (Å²) in [4.78, 5) is 30.3. The number of hydrogen-bond donors (Lipinski definition) is 4. The van der Waals surface area contributed by atoms with Crippen LogP contribution in [0.2, 0.25) is 0 Å². The molecular weight excluding hydrogens is 490 g/mol. The van der Waals surface area contributed by atoms with Gasteiger partial charge in [-0.3, -0.25) is 9.59 Å². The summed E-state index contributed by atoms with van der Waals surface area (Å²) in [5.74, 6) is -0.638. The number of rotatable bonds is 6. The number of benzene rings is 2. The SMILES string of the molecule is Cc1ccc2[nH]c(C(=O)N[C@H]3CN(S(=O)(=O)c4ccccc4)C[C@]3(C)C(=O)N[C@H]3CCCNC3)cc2c1. The van der Waals surface area contributed by atoms with Crippen LogP contribution in [0.4, 0.5) is 0 Å². The number of aromatic nitrogens is 1. The summed E-state index contributed by atoms with van der Waals surface area (Å²) >= 11 is 0. The Morgan fingerprint density at radius 3 is 2.59 bits per heavy atom. The lowest BCUT2D eigenvalue weighted by Gasteiger charge is -2.33. The average molecular weight is 524 g/mol. The van der Waals surface area contributed by atoms with Crippen molar-refractivity contribution in [3.05, 3.63) is 65.9 Å². The van der Waals surface area contributed by atoms with Crippen molar-refractivity contribution in [1.29, 1.82) is 0 Å². The summed E-state index contributed by atoms with van der Waals surface area (Å²) in [5, 5.41) is 10.3. The van der Waals surface area contributed by atoms with Crippen LogP contribution in [-0.2, 0) is 14.8 Å². The Morgan fingerprint density at radius 2 is 1.86 bits per heavy atom. The lowest BCUT2D eigenvalue weighted by Crippen LogP contribution is -2.57. The van der Waals surface area contributed by atoms with Gasteiger partial charge in [0.15, 0.2) is 0 Å². The van der Waals surface area contributed by atoms with Crippen molar-refractivity contribution in [1.82, 2.24) is 25.2 Å². The van der Waals surface area contributed by atoms with Crippen molar-refractivity contribution < 1.29 is 18.0 Å². The maximum atomic E-state index is 13.6. The maximum absolute atomic E-state index is 13.6. The van der Waals surface area contributed by atoms with E-state index in [1.165, 1.54) is 4.31 Å². The molecule has 4 N–H and O–H groups in total. The van der Waals surface area contributed by atoms with Crippen LogP contribution in [0.15, 0.2) is 59.5 Å². The van der Waals surface area contributed by atoms with E-state index in [-0.39, 0.29) is 35.8 Å². The van der Waals surface area contributed by atoms with E-state index in [4.69, 9.17) is 0 Å². The van der Waals surface area contributed by atoms with E-state index in [1.807, 2.05) is 25.1 Å². The molecule has 3 heterocycles. The van der Waals surface area contributed by atoms with Crippen LogP contribution in [-0.4, -0.2) is 67.8 Å². The number of carbonyl (C=O) groups is 2. The molecule has 2 amide bonds. The number of nitrogens with one attached hydrogen (secondary N) is 4. The van der Waals surface area contributed by atoms with Crippen molar-refractivity contribution in [2.45, 2.75) is 43.7 Å². The predicted molar refractivity (Wildman–Crippen MR) is 142 cm³/mol. The number of nitrogens with zero attached hydrogens (tertiary/aromatic N) is 1. The van der Waals surface area contributed by atoms with Crippen molar-refractivity contribution in [2.75, 3.05) is 26.2 Å². The molecule has 0 aliphatic carbocycles. The second kappa shape index (κ2) is 9.92. The lowest BCUT2D eigenvalue weighted by atomic mass is 9.83. The Kier molecular flexibility index (Phi) is 6.82. The first-order chi connectivity index (χ1) is 17.7. The van der Waals surface area contributed by atoms with Crippen molar-refractivity contribution in [3.63, 3.8) is 0 Å². The zero-order valence-corrected chi connectivity index (χ0v) is 21.9. The molecule has 2 aromatic carbocycles. The number of amides is 2. The molecule has 0 unspecified atom stereocenters. The number of sulfonamides is 1. The number of aryl methyl sites for hydroxylation is 1. The van der Waals surface area contributed by atoms with Gasteiger partial charge in [0.1, 0.15) is 5.69 Å². The third kappa shape index (κ3) is 5.01. The molecule has 3 aromatic rings. The Labute approximate surface area is 217 Å². The highest BCUT2D eigenvalue weighted by Crippen LogP contribution is 2.35. The molecule has 5 rings (SSSR count). The molecule has 2 fully saturated rings. The van der Waals surface area contributed by atoms with Crippen LogP contribution in [0.3, 0.4) is 0 Å². The second-order valence-electron chi connectivity index (χ2n) is 10.3. The fourth-order valence-electron chi connectivity index (χ4n) is 5.24. The highest BCUT2D eigenvalue weighted by molar-refractivity contribution is 7.89. The first-order valence-corrected chi connectivity index (χ1v) is 14.1. The zero-order chi connectivity index (χ0) is 26.2. The third-order valence-electron chi connectivity index (χ3n) is 7.52. The van der Waals surface area contributed by atoms with Gasteiger partial charge in [-0.1, -0.05) is 29.8 Å². The minimum Gasteiger partial charge on any atom is -0.352 e. The molecule has 3 atom stereocenters. The van der Waals surface area contributed by atoms with Crippen molar-refractivity contribution >= 4 is 32.7 Å². The Balaban J connectivity index is 1.42. The van der Waals surface area contributed by atoms with E-state index in [0.29, 0.717) is 12.2 Å². The molecule has 0 bridgehead atoms. The summed E-state index contributed by atoms with van der Waals surface area (Å²) in [6.45, 7) is 5.26. The Hall–Kier alpha value is -3.21. The van der Waals surface area contributed by atoms with Crippen LogP contribution < -0.4 is 16.0 Å². The van der Waals surface area contributed by atoms with Gasteiger partial charge < -0.3 is 20.9 Å². The van der Waals surface area contributed by atoms with Crippen LogP contribution in [0.5, 0.6) is 0 Å². The van der Waals surface area contributed by atoms with E-state index < -0.39 is 21.5 Å². The van der Waals surface area contributed by atoms with Gasteiger partial charge in [0.2, 0.25) is 15.9 Å². The minimum atomic E-state index is -3.85. The van der Waals surface area contributed by atoms with E-state index in [9.17, 15) is 18.0 Å². The van der Waals surface area contributed by atoms with Crippen molar-refractivity contribution in [2.24, 2.45) is 5.41 Å². The van der Waals surface area contributed by atoms with Crippen LogP contribution in [0, 0.1) is 12.3 Å². The molecule has 1 aromatic heterocycles. The first-order valence-electron chi connectivity index (χ1n) is 12.6. The van der Waals surface area contributed by atoms with Gasteiger partial charge in [-0.25, -0.2) is 8.42 Å². The molecule has 10 heteroatoms. The predicted octanol–water partition coefficient (Wildman–Crippen LogP) is 2.15. The number of aromatic amines is 1. The van der Waals surface area contributed by atoms with Crippen LogP contribution in [0.25, 0.3) is 10.9 Å². The highest BCUT2D eigenvalue weighted by Gasteiger charge is 2.53. The van der Waals surface area contributed by atoms with E-state index in [2.05, 4.69) is 20.9 Å². The monoisotopic (exact) mass is 523 g/mol. The van der Waals surface area contributed by atoms with E-state index in [0.717, 1.165) is 35.9 Å². The first kappa shape index (κ1) is 25.4. The number of H-pyrrole nitrogens is 1. The van der Waals surface area contributed by atoms with E-state index >= 15 is 0 Å². The Bertz CT molecular complexity index is 1420. The molecule has 2 aliphatic rings. The average Bonchev–Trinajstić information content (AvgIpc) is 3.47. The van der Waals surface area contributed by atoms with E-state index in [1.54, 1.807) is 43.3 Å². The quantitative estimate of drug-likeness (QED) is 0.394. The fraction of sp³-hybridized carbons (Fsp3) is 0.407. The molecule has 0 spiro atoms. The largest absolute Gasteiger partial charge is 0.352 e. The number of fused-ring (bicyclic) bond motifs is 1. The van der Waals surface area contributed by atoms with Gasteiger partial charge in [0.25, 0.3) is 5.91 Å². The summed E-state index contributed by atoms with van der Waals surface area (Å²) < 4.78 is 28.2. The van der Waals surface area contributed by atoms with Gasteiger partial charge in [-0.2, -0.15) is 4.31 Å². The Morgan fingerprint density at radius 1 is 1.08 bits per heavy atom. The van der Waals surface area contributed by atoms with Crippen LogP contribution >= 0.6 is 0 Å². The van der Waals surface area contributed by atoms with Gasteiger partial charge in [0, 0.05) is 36.6 Å². The fourth-order valence-corrected chi connectivity index (χ4v) is 6.82. The molecular formula is C27H33N5O4S. The molecule has 37 heavy (non-hydrogen) atoms. The second-order valence-corrected chi connectivity index (χ2v) is 12.3. The lowest BCUT2D eigenvalue weighted by molar-refractivity contribution is -0.131. The summed E-state index contributed by atoms with van der Waals surface area (Å²) in [5.41, 5.74) is 1.12. The highest BCUT2D eigenvalue weighted by atomic mass is 32.2. The number of hydrogen-bond acceptors (Lipinski definition) is 5. The normalized spacial score (nSPS) is 24.7. The maximum Gasteiger partial charge on any atom is 0.268 e. The van der Waals surface area contributed by atoms with Gasteiger partial charge in [-0.05, 0) is 63.6 Å². The number of piperidine rings is 1. The molecule has 0 radical (unpaired) electrons. The zero-order valence-electron chi connectivity index (χ0n) is 21.1. The molecule has 0 saturated carbocycles. The molecule has 2 aliphatic heterocycles. The van der Waals surface area contributed by atoms with Crippen molar-refractivity contribution in [3.8, 4) is 0 Å².